The van der Waals surface area contributed by atoms with Crippen molar-refractivity contribution < 1.29 is 9.53 Å². The number of hydrogen-bond donors (Lipinski definition) is 2. The average molecular weight is 471 g/mol. The van der Waals surface area contributed by atoms with Gasteiger partial charge in [0.1, 0.15) is 5.75 Å². The van der Waals surface area contributed by atoms with Crippen molar-refractivity contribution in [2.75, 3.05) is 51.3 Å². The molecule has 1 amide bonds. The standard InChI is InChI=1S/C27H30N6O2/c1-35-21-9-7-20(8-10-21)23(24-18-30-25-6-3-2-5-22(24)25)17-31-26(34)19-32-13-15-33(16-14-32)27-28-11-4-12-29-27/h2-12,18,23,30H,13-17,19H2,1H3,(H,31,34). The van der Waals surface area contributed by atoms with Gasteiger partial charge in [0.15, 0.2) is 0 Å². The number of nitrogens with zero attached hydrogens (tertiary/aromatic N) is 4. The molecule has 0 bridgehead atoms. The molecule has 1 unspecified atom stereocenters. The zero-order chi connectivity index (χ0) is 24.0. The van der Waals surface area contributed by atoms with Crippen LogP contribution in [-0.4, -0.2) is 72.1 Å². The molecule has 1 atom stereocenters. The van der Waals surface area contributed by atoms with Crippen LogP contribution in [0.5, 0.6) is 5.75 Å². The average Bonchev–Trinajstić information content (AvgIpc) is 3.34. The highest BCUT2D eigenvalue weighted by Crippen LogP contribution is 2.31. The molecular formula is C27H30N6O2. The zero-order valence-electron chi connectivity index (χ0n) is 19.9. The number of methoxy groups -OCH3 is 1. The molecule has 1 aliphatic heterocycles. The van der Waals surface area contributed by atoms with E-state index in [0.717, 1.165) is 49.0 Å². The van der Waals surface area contributed by atoms with Gasteiger partial charge in [-0.1, -0.05) is 30.3 Å². The number of rotatable bonds is 8. The summed E-state index contributed by atoms with van der Waals surface area (Å²) >= 11 is 0. The summed E-state index contributed by atoms with van der Waals surface area (Å²) in [6.07, 6.45) is 5.57. The predicted octanol–water partition coefficient (Wildman–Crippen LogP) is 3.04. The first kappa shape index (κ1) is 22.9. The minimum Gasteiger partial charge on any atom is -0.497 e. The van der Waals surface area contributed by atoms with Gasteiger partial charge in [-0.3, -0.25) is 9.69 Å². The van der Waals surface area contributed by atoms with E-state index in [1.54, 1.807) is 19.5 Å². The zero-order valence-corrected chi connectivity index (χ0v) is 19.9. The van der Waals surface area contributed by atoms with Crippen LogP contribution in [-0.2, 0) is 4.79 Å². The molecule has 180 valence electrons. The van der Waals surface area contributed by atoms with Crippen LogP contribution in [0.3, 0.4) is 0 Å². The lowest BCUT2D eigenvalue weighted by atomic mass is 9.90. The number of para-hydroxylation sites is 1. The van der Waals surface area contributed by atoms with Gasteiger partial charge in [0, 0.05) is 68.1 Å². The minimum atomic E-state index is 0.0214. The van der Waals surface area contributed by atoms with Gasteiger partial charge in [-0.25, -0.2) is 9.97 Å². The van der Waals surface area contributed by atoms with Crippen LogP contribution in [0.1, 0.15) is 17.0 Å². The van der Waals surface area contributed by atoms with Crippen molar-refractivity contribution >= 4 is 22.8 Å². The van der Waals surface area contributed by atoms with E-state index in [0.29, 0.717) is 13.1 Å². The third kappa shape index (κ3) is 5.27. The Hall–Kier alpha value is -3.91. The molecule has 4 aromatic rings. The Kier molecular flexibility index (Phi) is 6.90. The van der Waals surface area contributed by atoms with Gasteiger partial charge < -0.3 is 19.9 Å². The summed E-state index contributed by atoms with van der Waals surface area (Å²) in [7, 11) is 1.67. The van der Waals surface area contributed by atoms with Crippen molar-refractivity contribution in [1.82, 2.24) is 25.2 Å². The Bertz CT molecular complexity index is 1250. The Morgan fingerprint density at radius 2 is 1.77 bits per heavy atom. The maximum Gasteiger partial charge on any atom is 0.234 e. The summed E-state index contributed by atoms with van der Waals surface area (Å²) < 4.78 is 5.34. The van der Waals surface area contributed by atoms with Crippen LogP contribution in [0.2, 0.25) is 0 Å². The van der Waals surface area contributed by atoms with Gasteiger partial charge in [-0.2, -0.15) is 0 Å². The number of carbonyl (C=O) groups excluding carboxylic acids is 1. The van der Waals surface area contributed by atoms with Crippen molar-refractivity contribution in [1.29, 1.82) is 0 Å². The van der Waals surface area contributed by atoms with Gasteiger partial charge in [-0.05, 0) is 35.4 Å². The second-order valence-electron chi connectivity index (χ2n) is 8.73. The highest BCUT2D eigenvalue weighted by molar-refractivity contribution is 5.84. The number of nitrogens with one attached hydrogen (secondary N) is 2. The monoisotopic (exact) mass is 470 g/mol. The fourth-order valence-electron chi connectivity index (χ4n) is 4.66. The lowest BCUT2D eigenvalue weighted by Crippen LogP contribution is -2.50. The number of aromatic amines is 1. The van der Waals surface area contributed by atoms with Crippen molar-refractivity contribution in [2.45, 2.75) is 5.92 Å². The van der Waals surface area contributed by atoms with Crippen molar-refractivity contribution in [3.05, 3.63) is 84.3 Å². The van der Waals surface area contributed by atoms with Gasteiger partial charge >= 0.3 is 0 Å². The Morgan fingerprint density at radius 1 is 1.03 bits per heavy atom. The smallest absolute Gasteiger partial charge is 0.234 e. The first-order chi connectivity index (χ1) is 17.2. The van der Waals surface area contributed by atoms with Gasteiger partial charge in [0.25, 0.3) is 0 Å². The van der Waals surface area contributed by atoms with E-state index < -0.39 is 0 Å². The molecule has 0 aliphatic carbocycles. The van der Waals surface area contributed by atoms with Crippen LogP contribution in [0.25, 0.3) is 10.9 Å². The van der Waals surface area contributed by atoms with E-state index in [-0.39, 0.29) is 11.8 Å². The second kappa shape index (κ2) is 10.6. The third-order valence-electron chi connectivity index (χ3n) is 6.59. The molecule has 0 radical (unpaired) electrons. The number of amides is 1. The molecule has 1 aliphatic rings. The summed E-state index contributed by atoms with van der Waals surface area (Å²) in [5.74, 6) is 1.62. The summed E-state index contributed by atoms with van der Waals surface area (Å²) in [4.78, 5) is 29.3. The number of benzene rings is 2. The number of piperazine rings is 1. The summed E-state index contributed by atoms with van der Waals surface area (Å²) in [6, 6.07) is 18.2. The fourth-order valence-corrected chi connectivity index (χ4v) is 4.66. The van der Waals surface area contributed by atoms with Gasteiger partial charge in [-0.15, -0.1) is 0 Å². The Balaban J connectivity index is 1.24. The SMILES string of the molecule is COc1ccc(C(CNC(=O)CN2CCN(c3ncccn3)CC2)c2c[nH]c3ccccc23)cc1. The molecule has 2 aromatic heterocycles. The highest BCUT2D eigenvalue weighted by Gasteiger charge is 2.22. The third-order valence-corrected chi connectivity index (χ3v) is 6.59. The van der Waals surface area contributed by atoms with E-state index in [1.807, 2.05) is 30.3 Å². The number of hydrogen-bond acceptors (Lipinski definition) is 6. The van der Waals surface area contributed by atoms with Gasteiger partial charge in [0.05, 0.1) is 13.7 Å². The lowest BCUT2D eigenvalue weighted by molar-refractivity contribution is -0.122. The largest absolute Gasteiger partial charge is 0.497 e. The quantitative estimate of drug-likeness (QED) is 0.412. The molecule has 3 heterocycles. The number of H-pyrrole nitrogens is 1. The number of aromatic nitrogens is 3. The van der Waals surface area contributed by atoms with E-state index >= 15 is 0 Å². The molecule has 2 aromatic carbocycles. The van der Waals surface area contributed by atoms with Crippen LogP contribution < -0.4 is 15.0 Å². The second-order valence-corrected chi connectivity index (χ2v) is 8.73. The van der Waals surface area contributed by atoms with E-state index in [1.165, 1.54) is 10.9 Å². The predicted molar refractivity (Wildman–Crippen MR) is 137 cm³/mol. The topological polar surface area (TPSA) is 86.4 Å². The van der Waals surface area contributed by atoms with Crippen LogP contribution >= 0.6 is 0 Å². The van der Waals surface area contributed by atoms with E-state index in [4.69, 9.17) is 4.74 Å². The minimum absolute atomic E-state index is 0.0214. The normalized spacial score (nSPS) is 15.2. The molecule has 35 heavy (non-hydrogen) atoms. The Morgan fingerprint density at radius 3 is 2.51 bits per heavy atom. The molecule has 8 heteroatoms. The van der Waals surface area contributed by atoms with Crippen molar-refractivity contribution in [3.8, 4) is 5.75 Å². The summed E-state index contributed by atoms with van der Waals surface area (Å²) in [6.45, 7) is 4.12. The number of fused-ring (bicyclic) bond motifs is 1. The summed E-state index contributed by atoms with van der Waals surface area (Å²) in [5.41, 5.74) is 3.39. The lowest BCUT2D eigenvalue weighted by Gasteiger charge is -2.34. The molecular weight excluding hydrogens is 440 g/mol. The molecule has 0 saturated carbocycles. The molecule has 1 saturated heterocycles. The van der Waals surface area contributed by atoms with Crippen LogP contribution in [0, 0.1) is 0 Å². The number of ether oxygens (including phenoxy) is 1. The summed E-state index contributed by atoms with van der Waals surface area (Å²) in [5, 5.41) is 4.36. The molecule has 5 rings (SSSR count). The van der Waals surface area contributed by atoms with Crippen molar-refractivity contribution in [2.24, 2.45) is 0 Å². The maximum atomic E-state index is 12.9. The maximum absolute atomic E-state index is 12.9. The molecule has 0 spiro atoms. The van der Waals surface area contributed by atoms with E-state index in [9.17, 15) is 4.79 Å². The van der Waals surface area contributed by atoms with Crippen LogP contribution in [0.4, 0.5) is 5.95 Å². The Labute approximate surface area is 204 Å². The van der Waals surface area contributed by atoms with Crippen LogP contribution in [0.15, 0.2) is 73.2 Å². The van der Waals surface area contributed by atoms with Gasteiger partial charge in [0.2, 0.25) is 11.9 Å². The fraction of sp³-hybridized carbons (Fsp3) is 0.296. The van der Waals surface area contributed by atoms with Crippen molar-refractivity contribution in [3.63, 3.8) is 0 Å². The molecule has 1 fully saturated rings. The highest BCUT2D eigenvalue weighted by atomic mass is 16.5. The first-order valence-electron chi connectivity index (χ1n) is 11.9. The van der Waals surface area contributed by atoms with E-state index in [2.05, 4.69) is 60.5 Å². The number of anilines is 1. The molecule has 2 N–H and O–H groups in total. The first-order valence-corrected chi connectivity index (χ1v) is 11.9. The number of carbonyl (C=O) groups is 1. The molecule has 8 nitrogen and oxygen atoms in total.